The second-order valence-corrected chi connectivity index (χ2v) is 6.36. The third-order valence-electron chi connectivity index (χ3n) is 4.68. The van der Waals surface area contributed by atoms with Gasteiger partial charge in [0.05, 0.1) is 11.9 Å². The van der Waals surface area contributed by atoms with Gasteiger partial charge in [-0.1, -0.05) is 25.4 Å². The summed E-state index contributed by atoms with van der Waals surface area (Å²) < 4.78 is 8.39. The van der Waals surface area contributed by atoms with Crippen LogP contribution in [0.5, 0.6) is 0 Å². The molecule has 0 aliphatic carbocycles. The zero-order valence-electron chi connectivity index (χ0n) is 12.2. The average Bonchev–Trinajstić information content (AvgIpc) is 2.92. The van der Waals surface area contributed by atoms with Crippen LogP contribution in [0.15, 0.2) is 12.7 Å². The molecule has 108 valence electrons. The fourth-order valence-corrected chi connectivity index (χ4v) is 3.33. The van der Waals surface area contributed by atoms with E-state index in [0.717, 1.165) is 18.5 Å². The minimum Gasteiger partial charge on any atom is -0.349 e. The summed E-state index contributed by atoms with van der Waals surface area (Å²) >= 11 is 6.07. The summed E-state index contributed by atoms with van der Waals surface area (Å²) in [6.45, 7) is 8.65. The molecule has 0 spiro atoms. The monoisotopic (exact) mass is 294 g/mol. The molecule has 2 aromatic rings. The van der Waals surface area contributed by atoms with Crippen LogP contribution in [0, 0.1) is 5.92 Å². The molecular weight excluding hydrogens is 276 g/mol. The number of halogens is 1. The molecule has 20 heavy (non-hydrogen) atoms. The number of imidazole rings is 1. The van der Waals surface area contributed by atoms with Crippen molar-refractivity contribution in [2.45, 2.75) is 51.9 Å². The molecule has 1 aliphatic heterocycles. The van der Waals surface area contributed by atoms with Gasteiger partial charge in [0.1, 0.15) is 17.6 Å². The summed E-state index contributed by atoms with van der Waals surface area (Å²) in [5, 5.41) is 0.377. The number of aromatic nitrogens is 4. The van der Waals surface area contributed by atoms with Gasteiger partial charge >= 0.3 is 0 Å². The Morgan fingerprint density at radius 2 is 2.15 bits per heavy atom. The van der Waals surface area contributed by atoms with Crippen LogP contribution in [-0.4, -0.2) is 25.1 Å². The van der Waals surface area contributed by atoms with Gasteiger partial charge in [-0.2, -0.15) is 0 Å². The van der Waals surface area contributed by atoms with Crippen molar-refractivity contribution in [3.63, 3.8) is 0 Å². The maximum absolute atomic E-state index is 6.41. The molecule has 1 aliphatic rings. The van der Waals surface area contributed by atoms with Crippen LogP contribution in [0.4, 0.5) is 0 Å². The SMILES string of the molecule is CCC1(C)OC(C)(n2cnc3c(Cl)ncnc32)CC1C. The van der Waals surface area contributed by atoms with E-state index >= 15 is 0 Å². The Labute approximate surface area is 123 Å². The van der Waals surface area contributed by atoms with Crippen molar-refractivity contribution < 1.29 is 4.74 Å². The van der Waals surface area contributed by atoms with Crippen molar-refractivity contribution in [2.24, 2.45) is 5.92 Å². The van der Waals surface area contributed by atoms with Gasteiger partial charge in [-0.05, 0) is 26.2 Å². The summed E-state index contributed by atoms with van der Waals surface area (Å²) in [5.41, 5.74) is 0.774. The van der Waals surface area contributed by atoms with E-state index in [2.05, 4.69) is 42.6 Å². The molecule has 0 bridgehead atoms. The van der Waals surface area contributed by atoms with Gasteiger partial charge in [0.25, 0.3) is 0 Å². The largest absolute Gasteiger partial charge is 0.349 e. The second kappa shape index (κ2) is 4.40. The number of rotatable bonds is 2. The lowest BCUT2D eigenvalue weighted by molar-refractivity contribution is -0.135. The van der Waals surface area contributed by atoms with Gasteiger partial charge in [-0.15, -0.1) is 0 Å². The van der Waals surface area contributed by atoms with E-state index in [1.165, 1.54) is 6.33 Å². The van der Waals surface area contributed by atoms with Crippen LogP contribution in [0.2, 0.25) is 5.15 Å². The molecule has 3 atom stereocenters. The van der Waals surface area contributed by atoms with E-state index in [9.17, 15) is 0 Å². The Kier molecular flexibility index (Phi) is 3.03. The number of hydrogen-bond donors (Lipinski definition) is 0. The third-order valence-corrected chi connectivity index (χ3v) is 4.96. The Hall–Kier alpha value is -1.20. The summed E-state index contributed by atoms with van der Waals surface area (Å²) in [5.74, 6) is 0.465. The number of hydrogen-bond acceptors (Lipinski definition) is 4. The first-order chi connectivity index (χ1) is 9.39. The van der Waals surface area contributed by atoms with Gasteiger partial charge in [0, 0.05) is 6.42 Å². The van der Waals surface area contributed by atoms with Crippen molar-refractivity contribution in [1.82, 2.24) is 19.5 Å². The summed E-state index contributed by atoms with van der Waals surface area (Å²) in [6, 6.07) is 0. The van der Waals surface area contributed by atoms with Crippen LogP contribution in [0.3, 0.4) is 0 Å². The van der Waals surface area contributed by atoms with Crippen molar-refractivity contribution in [2.75, 3.05) is 0 Å². The maximum Gasteiger partial charge on any atom is 0.167 e. The molecule has 0 aromatic carbocycles. The Balaban J connectivity index is 2.10. The summed E-state index contributed by atoms with van der Waals surface area (Å²) in [4.78, 5) is 12.6. The zero-order valence-corrected chi connectivity index (χ0v) is 13.0. The van der Waals surface area contributed by atoms with Crippen LogP contribution in [-0.2, 0) is 10.5 Å². The smallest absolute Gasteiger partial charge is 0.167 e. The predicted octanol–water partition coefficient (Wildman–Crippen LogP) is 3.38. The Morgan fingerprint density at radius 1 is 1.40 bits per heavy atom. The Bertz CT molecular complexity index is 658. The lowest BCUT2D eigenvalue weighted by atomic mass is 9.87. The van der Waals surface area contributed by atoms with Crippen LogP contribution >= 0.6 is 11.6 Å². The summed E-state index contributed by atoms with van der Waals surface area (Å²) in [6.07, 6.45) is 5.11. The standard InChI is InChI=1S/C14H19ClN4O/c1-5-13(3)9(2)6-14(4,20-13)19-8-18-10-11(15)16-7-17-12(10)19/h7-9H,5-6H2,1-4H3. The highest BCUT2D eigenvalue weighted by atomic mass is 35.5. The van der Waals surface area contributed by atoms with Gasteiger partial charge in [-0.25, -0.2) is 15.0 Å². The molecule has 0 saturated carbocycles. The molecule has 2 aromatic heterocycles. The first kappa shape index (κ1) is 13.8. The van der Waals surface area contributed by atoms with Crippen LogP contribution < -0.4 is 0 Å². The lowest BCUT2D eigenvalue weighted by Crippen LogP contribution is -2.34. The zero-order chi connectivity index (χ0) is 14.5. The van der Waals surface area contributed by atoms with Crippen LogP contribution in [0.1, 0.15) is 40.5 Å². The van der Waals surface area contributed by atoms with E-state index in [1.54, 1.807) is 6.33 Å². The third kappa shape index (κ3) is 1.84. The molecule has 1 saturated heterocycles. The normalized spacial score (nSPS) is 34.0. The van der Waals surface area contributed by atoms with Gasteiger partial charge in [0.15, 0.2) is 10.8 Å². The van der Waals surface area contributed by atoms with E-state index in [1.807, 2.05) is 4.57 Å². The number of nitrogens with zero attached hydrogens (tertiary/aromatic N) is 4. The quantitative estimate of drug-likeness (QED) is 0.797. The highest BCUT2D eigenvalue weighted by Gasteiger charge is 2.49. The van der Waals surface area contributed by atoms with E-state index < -0.39 is 5.72 Å². The minimum atomic E-state index is -0.448. The van der Waals surface area contributed by atoms with Crippen LogP contribution in [0.25, 0.3) is 11.2 Å². The molecule has 0 amide bonds. The molecule has 3 rings (SSSR count). The molecule has 5 nitrogen and oxygen atoms in total. The lowest BCUT2D eigenvalue weighted by Gasteiger charge is -2.31. The molecule has 1 fully saturated rings. The molecule has 0 N–H and O–H groups in total. The first-order valence-corrected chi connectivity index (χ1v) is 7.31. The molecule has 0 radical (unpaired) electrons. The van der Waals surface area contributed by atoms with E-state index in [4.69, 9.17) is 16.3 Å². The maximum atomic E-state index is 6.41. The van der Waals surface area contributed by atoms with Crippen molar-refractivity contribution in [3.05, 3.63) is 17.8 Å². The number of ether oxygens (including phenoxy) is 1. The van der Waals surface area contributed by atoms with Crippen molar-refractivity contribution >= 4 is 22.8 Å². The first-order valence-electron chi connectivity index (χ1n) is 6.94. The highest BCUT2D eigenvalue weighted by molar-refractivity contribution is 6.33. The molecule has 6 heteroatoms. The minimum absolute atomic E-state index is 0.123. The van der Waals surface area contributed by atoms with Gasteiger partial charge in [-0.3, -0.25) is 4.57 Å². The fourth-order valence-electron chi connectivity index (χ4n) is 3.15. The van der Waals surface area contributed by atoms with E-state index in [-0.39, 0.29) is 5.60 Å². The van der Waals surface area contributed by atoms with Crippen molar-refractivity contribution in [3.8, 4) is 0 Å². The second-order valence-electron chi connectivity index (χ2n) is 6.00. The average molecular weight is 295 g/mol. The number of fused-ring (bicyclic) bond motifs is 1. The fraction of sp³-hybridized carbons (Fsp3) is 0.643. The molecular formula is C14H19ClN4O. The Morgan fingerprint density at radius 3 is 2.80 bits per heavy atom. The highest BCUT2D eigenvalue weighted by Crippen LogP contribution is 2.47. The predicted molar refractivity (Wildman–Crippen MR) is 77.5 cm³/mol. The van der Waals surface area contributed by atoms with Crippen molar-refractivity contribution in [1.29, 1.82) is 0 Å². The van der Waals surface area contributed by atoms with Gasteiger partial charge in [0.2, 0.25) is 0 Å². The topological polar surface area (TPSA) is 52.8 Å². The molecule has 3 heterocycles. The summed E-state index contributed by atoms with van der Waals surface area (Å²) in [7, 11) is 0. The van der Waals surface area contributed by atoms with E-state index in [0.29, 0.717) is 16.6 Å². The molecule has 3 unspecified atom stereocenters. The van der Waals surface area contributed by atoms with Gasteiger partial charge < -0.3 is 4.74 Å².